The van der Waals surface area contributed by atoms with Gasteiger partial charge in [-0.2, -0.15) is 0 Å². The van der Waals surface area contributed by atoms with Crippen LogP contribution in [0.1, 0.15) is 79.1 Å². The second-order valence-electron chi connectivity index (χ2n) is 21.2. The van der Waals surface area contributed by atoms with Crippen LogP contribution in [0.15, 0.2) is 85.1 Å². The number of fused-ring (bicyclic) bond motifs is 2. The number of likely N-dealkylation sites (N-methyl/N-ethyl adjacent to an activating group) is 1. The molecule has 4 rings (SSSR count). The van der Waals surface area contributed by atoms with E-state index >= 15 is 0 Å². The molecule has 0 amide bonds. The van der Waals surface area contributed by atoms with E-state index in [1.165, 1.54) is 24.9 Å². The van der Waals surface area contributed by atoms with Gasteiger partial charge in [0.1, 0.15) is 36.4 Å². The number of cyclic esters (lactones) is 1. The second-order valence-corrected chi connectivity index (χ2v) is 21.2. The molecule has 0 radical (unpaired) electrons. The van der Waals surface area contributed by atoms with E-state index in [1.807, 2.05) is 13.0 Å². The van der Waals surface area contributed by atoms with E-state index < -0.39 is 184 Å². The van der Waals surface area contributed by atoms with Crippen LogP contribution in [-0.2, 0) is 38.0 Å². The highest BCUT2D eigenvalue weighted by atomic mass is 16.7. The molecule has 0 spiro atoms. The zero-order valence-electron chi connectivity index (χ0n) is 45.3. The molecule has 0 aromatic heterocycles. The Hall–Kier alpha value is -3.64. The largest absolute Gasteiger partial charge is 0.469 e. The van der Waals surface area contributed by atoms with E-state index in [2.05, 4.69) is 0 Å². The van der Waals surface area contributed by atoms with Crippen molar-refractivity contribution >= 4 is 11.9 Å². The first kappa shape index (κ1) is 66.9. The minimum Gasteiger partial charge on any atom is -0.469 e. The highest BCUT2D eigenvalue weighted by Gasteiger charge is 2.54. The molecule has 2 bridgehead atoms. The number of methoxy groups -OCH3 is 1. The van der Waals surface area contributed by atoms with Crippen molar-refractivity contribution in [2.45, 2.75) is 201 Å². The van der Waals surface area contributed by atoms with Gasteiger partial charge in [0.2, 0.25) is 5.79 Å². The van der Waals surface area contributed by atoms with E-state index in [9.17, 15) is 81.1 Å². The Morgan fingerprint density at radius 2 is 1.24 bits per heavy atom. The number of nitrogens with zero attached hydrogens (tertiary/aromatic N) is 1. The maximum atomic E-state index is 13.3. The van der Waals surface area contributed by atoms with Crippen LogP contribution in [0.2, 0.25) is 0 Å². The average Bonchev–Trinajstić information content (AvgIpc) is 3.42. The fourth-order valence-corrected chi connectivity index (χ4v) is 10.0. The Morgan fingerprint density at radius 3 is 1.85 bits per heavy atom. The third-order valence-electron chi connectivity index (χ3n) is 14.8. The van der Waals surface area contributed by atoms with Gasteiger partial charge in [-0.1, -0.05) is 98.9 Å². The molecule has 4 aliphatic rings. The molecule has 0 aromatic carbocycles. The number of esters is 2. The summed E-state index contributed by atoms with van der Waals surface area (Å²) in [6.45, 7) is 5.54. The van der Waals surface area contributed by atoms with Crippen LogP contribution >= 0.6 is 0 Å². The van der Waals surface area contributed by atoms with Crippen molar-refractivity contribution < 1.29 is 110 Å². The van der Waals surface area contributed by atoms with Gasteiger partial charge in [0.05, 0.1) is 99.9 Å². The molecule has 78 heavy (non-hydrogen) atoms. The molecule has 23 nitrogen and oxygen atoms in total. The molecule has 4 heterocycles. The Balaban J connectivity index is 1.63. The summed E-state index contributed by atoms with van der Waals surface area (Å²) >= 11 is 0. The predicted octanol–water partition coefficient (Wildman–Crippen LogP) is -1.43. The lowest BCUT2D eigenvalue weighted by molar-refractivity contribution is -0.335. The minimum atomic E-state index is -2.45. The van der Waals surface area contributed by atoms with Gasteiger partial charge in [0.25, 0.3) is 0 Å². The zero-order chi connectivity index (χ0) is 58.1. The van der Waals surface area contributed by atoms with Crippen LogP contribution in [0.5, 0.6) is 0 Å². The minimum absolute atomic E-state index is 0.132. The summed E-state index contributed by atoms with van der Waals surface area (Å²) in [5.74, 6) is -8.73. The van der Waals surface area contributed by atoms with Crippen LogP contribution in [-0.4, -0.2) is 237 Å². The first-order chi connectivity index (χ1) is 36.7. The van der Waals surface area contributed by atoms with Crippen LogP contribution in [0, 0.1) is 17.8 Å². The molecule has 444 valence electrons. The van der Waals surface area contributed by atoms with Crippen molar-refractivity contribution in [2.75, 3.05) is 27.3 Å². The SMILES string of the molecule is COC(=O)[C@H]1[C@@H]2C[C@@H](O[C@@H]3O[C@H](C)[C@@H](O)[C@H](N(C)C[C@@]4(O)OC[C@@H](O)[C@@H](O)[C@@H]4O)[C@@H]3O)C=CC=CC=CC=CC=CC=CC=C[C@H](C)[C@@H](O)[C@@H](C)[C@H](C)OC(=O)C[C@H](O)C[C@H](O)CC[C@@H](O)[C@H](O)C[C@H](O)C[C@](O)(C[C@@H]1O)O2. The van der Waals surface area contributed by atoms with E-state index in [-0.39, 0.29) is 31.6 Å². The molecule has 23 atom stereocenters. The Morgan fingerprint density at radius 1 is 0.654 bits per heavy atom. The standard InChI is InChI=1S/C55H87NO22/c1-31-19-17-15-13-11-9-7-8-10-12-14-16-18-20-38(77-53-50(68)46(48(66)34(4)76-53)56(5)30-55(72)51(69)49(67)42(63)29-74-55)26-43-45(52(70)73-6)41(62)28-54(71,78-43)27-37(59)24-40(61)39(60)22-21-35(57)23-36(58)25-44(64)75-33(3)32(2)47(31)65/h7-20,31-43,45-51,53,57-63,65-69,71-72H,21-30H2,1-6H3/t31-,32-,33-,34+,35+,36+,37-,38-,39+,40+,41-,42+,43-,45+,46-,47+,48+,49+,50-,51-,53-,54+,55+/m0/s1. The molecule has 3 fully saturated rings. The molecule has 0 saturated carbocycles. The second kappa shape index (κ2) is 31.5. The number of carbonyl (C=O) groups excluding carboxylic acids is 2. The van der Waals surface area contributed by atoms with E-state index in [4.69, 9.17) is 28.4 Å². The van der Waals surface area contributed by atoms with Crippen molar-refractivity contribution in [3.05, 3.63) is 85.1 Å². The molecule has 4 aliphatic heterocycles. The molecule has 23 heteroatoms. The number of hydrogen-bond donors (Lipinski definition) is 14. The van der Waals surface area contributed by atoms with Gasteiger partial charge in [0, 0.05) is 37.5 Å². The fraction of sp³-hybridized carbons (Fsp3) is 0.709. The molecule has 0 aliphatic carbocycles. The molecule has 14 N–H and O–H groups in total. The fourth-order valence-electron chi connectivity index (χ4n) is 10.0. The van der Waals surface area contributed by atoms with E-state index in [0.717, 1.165) is 7.11 Å². The van der Waals surface area contributed by atoms with Gasteiger partial charge in [-0.3, -0.25) is 14.5 Å². The smallest absolute Gasteiger partial charge is 0.313 e. The summed E-state index contributed by atoms with van der Waals surface area (Å²) in [5, 5.41) is 154. The van der Waals surface area contributed by atoms with Crippen molar-refractivity contribution in [1.29, 1.82) is 0 Å². The quantitative estimate of drug-likeness (QED) is 0.136. The lowest BCUT2D eigenvalue weighted by atomic mass is 9.82. The topological polar surface area (TPSA) is 376 Å². The summed E-state index contributed by atoms with van der Waals surface area (Å²) in [7, 11) is 2.47. The maximum absolute atomic E-state index is 13.3. The lowest BCUT2D eigenvalue weighted by Crippen LogP contribution is -2.69. The van der Waals surface area contributed by atoms with Gasteiger partial charge >= 0.3 is 11.9 Å². The molecular formula is C55H87NO22. The van der Waals surface area contributed by atoms with E-state index in [1.54, 1.807) is 86.8 Å². The average molecular weight is 1110 g/mol. The first-order valence-electron chi connectivity index (χ1n) is 26.6. The van der Waals surface area contributed by atoms with Gasteiger partial charge in [0.15, 0.2) is 12.1 Å². The summed E-state index contributed by atoms with van der Waals surface area (Å²) in [6.07, 6.45) is -3.31. The Bertz CT molecular complexity index is 2050. The van der Waals surface area contributed by atoms with Gasteiger partial charge in [-0.15, -0.1) is 0 Å². The van der Waals surface area contributed by atoms with E-state index in [0.29, 0.717) is 0 Å². The van der Waals surface area contributed by atoms with Crippen LogP contribution in [0.25, 0.3) is 0 Å². The normalized spacial score (nSPS) is 43.0. The number of carbonyl (C=O) groups is 2. The third-order valence-corrected chi connectivity index (χ3v) is 14.8. The van der Waals surface area contributed by atoms with Crippen LogP contribution in [0.4, 0.5) is 0 Å². The van der Waals surface area contributed by atoms with Crippen molar-refractivity contribution in [3.8, 4) is 0 Å². The maximum Gasteiger partial charge on any atom is 0.313 e. The zero-order valence-corrected chi connectivity index (χ0v) is 45.3. The van der Waals surface area contributed by atoms with Gasteiger partial charge < -0.3 is 99.9 Å². The number of ether oxygens (including phenoxy) is 6. The molecular weight excluding hydrogens is 1030 g/mol. The van der Waals surface area contributed by atoms with Crippen molar-refractivity contribution in [1.82, 2.24) is 4.90 Å². The van der Waals surface area contributed by atoms with Gasteiger partial charge in [-0.05, 0) is 40.2 Å². The number of allylic oxidation sites excluding steroid dienone is 12. The number of hydrogen-bond acceptors (Lipinski definition) is 23. The van der Waals surface area contributed by atoms with Gasteiger partial charge in [-0.25, -0.2) is 0 Å². The molecule has 0 aromatic rings. The van der Waals surface area contributed by atoms with Crippen LogP contribution < -0.4 is 0 Å². The van der Waals surface area contributed by atoms with Crippen LogP contribution in [0.3, 0.4) is 0 Å². The highest BCUT2D eigenvalue weighted by molar-refractivity contribution is 5.74. The summed E-state index contributed by atoms with van der Waals surface area (Å²) < 4.78 is 34.3. The number of rotatable bonds is 6. The summed E-state index contributed by atoms with van der Waals surface area (Å²) in [4.78, 5) is 27.3. The molecule has 3 saturated heterocycles. The molecule has 0 unspecified atom stereocenters. The van der Waals surface area contributed by atoms with Crippen molar-refractivity contribution in [2.24, 2.45) is 17.8 Å². The lowest BCUT2D eigenvalue weighted by Gasteiger charge is -2.49. The predicted molar refractivity (Wildman–Crippen MR) is 279 cm³/mol. The summed E-state index contributed by atoms with van der Waals surface area (Å²) in [5.41, 5.74) is 0. The number of aliphatic hydroxyl groups is 14. The summed E-state index contributed by atoms with van der Waals surface area (Å²) in [6, 6.07) is -1.29. The Labute approximate surface area is 455 Å². The number of aliphatic hydroxyl groups excluding tert-OH is 12. The monoisotopic (exact) mass is 1110 g/mol. The first-order valence-corrected chi connectivity index (χ1v) is 26.6. The highest BCUT2D eigenvalue weighted by Crippen LogP contribution is 2.39. The van der Waals surface area contributed by atoms with Crippen molar-refractivity contribution in [3.63, 3.8) is 0 Å². The Kier molecular flexibility index (Phi) is 27.0. The third kappa shape index (κ3) is 19.8.